The second-order valence-corrected chi connectivity index (χ2v) is 6.96. The standard InChI is InChI=1S/C14H15N5OS2/c1-8(2)11-7-15-14(22-11)17-13(20)16-12-6-9(18-19-12)10-4-3-5-21-10/h3-8H,1-2H3,(H3,15,16,17,18,19,20). The van der Waals surface area contributed by atoms with Crippen LogP contribution in [0.3, 0.4) is 0 Å². The topological polar surface area (TPSA) is 82.7 Å². The zero-order chi connectivity index (χ0) is 15.5. The van der Waals surface area contributed by atoms with Gasteiger partial charge < -0.3 is 0 Å². The van der Waals surface area contributed by atoms with Gasteiger partial charge in [-0.1, -0.05) is 19.9 Å². The highest BCUT2D eigenvalue weighted by molar-refractivity contribution is 7.15. The summed E-state index contributed by atoms with van der Waals surface area (Å²) >= 11 is 3.08. The van der Waals surface area contributed by atoms with E-state index in [0.717, 1.165) is 15.4 Å². The largest absolute Gasteiger partial charge is 0.326 e. The smallest absolute Gasteiger partial charge is 0.291 e. The predicted molar refractivity (Wildman–Crippen MR) is 90.7 cm³/mol. The number of thiophene rings is 1. The Labute approximate surface area is 135 Å². The number of nitrogens with zero attached hydrogens (tertiary/aromatic N) is 2. The number of aromatic nitrogens is 3. The monoisotopic (exact) mass is 333 g/mol. The van der Waals surface area contributed by atoms with Crippen LogP contribution in [0.1, 0.15) is 24.6 Å². The van der Waals surface area contributed by atoms with E-state index in [1.165, 1.54) is 11.3 Å². The molecule has 3 rings (SSSR count). The van der Waals surface area contributed by atoms with E-state index in [1.54, 1.807) is 23.6 Å². The van der Waals surface area contributed by atoms with E-state index >= 15 is 0 Å². The number of carbonyl (C=O) groups excluding carboxylic acids is 1. The maximum Gasteiger partial charge on any atom is 0.326 e. The number of nitrogens with one attached hydrogen (secondary N) is 3. The summed E-state index contributed by atoms with van der Waals surface area (Å²) in [5.41, 5.74) is 0.877. The molecular weight excluding hydrogens is 318 g/mol. The van der Waals surface area contributed by atoms with Crippen molar-refractivity contribution < 1.29 is 4.79 Å². The molecule has 8 heteroatoms. The van der Waals surface area contributed by atoms with Crippen LogP contribution in [0.25, 0.3) is 10.6 Å². The van der Waals surface area contributed by atoms with Crippen LogP contribution in [-0.2, 0) is 0 Å². The Morgan fingerprint density at radius 3 is 2.91 bits per heavy atom. The molecule has 0 atom stereocenters. The van der Waals surface area contributed by atoms with Crippen LogP contribution in [0.15, 0.2) is 29.8 Å². The van der Waals surface area contributed by atoms with Gasteiger partial charge in [0.1, 0.15) is 0 Å². The Hall–Kier alpha value is -2.19. The van der Waals surface area contributed by atoms with Gasteiger partial charge in [-0.05, 0) is 17.4 Å². The lowest BCUT2D eigenvalue weighted by molar-refractivity contribution is 0.262. The quantitative estimate of drug-likeness (QED) is 0.663. The van der Waals surface area contributed by atoms with Gasteiger partial charge in [-0.3, -0.25) is 15.7 Å². The minimum atomic E-state index is -0.353. The predicted octanol–water partition coefficient (Wildman–Crippen LogP) is 4.36. The van der Waals surface area contributed by atoms with Crippen LogP contribution in [0, 0.1) is 0 Å². The summed E-state index contributed by atoms with van der Waals surface area (Å²) in [7, 11) is 0. The molecule has 0 fully saturated rings. The molecule has 0 aliphatic rings. The lowest BCUT2D eigenvalue weighted by Crippen LogP contribution is -2.19. The third-order valence-electron chi connectivity index (χ3n) is 2.92. The Bertz CT molecular complexity index is 760. The molecule has 0 unspecified atom stereocenters. The molecule has 0 saturated heterocycles. The Morgan fingerprint density at radius 1 is 1.36 bits per heavy atom. The van der Waals surface area contributed by atoms with E-state index < -0.39 is 0 Å². The average Bonchev–Trinajstić information content (AvgIpc) is 3.18. The van der Waals surface area contributed by atoms with Crippen LogP contribution in [0.2, 0.25) is 0 Å². The molecule has 0 aliphatic carbocycles. The molecule has 2 amide bonds. The van der Waals surface area contributed by atoms with Crippen molar-refractivity contribution >= 4 is 39.7 Å². The Kier molecular flexibility index (Phi) is 4.21. The van der Waals surface area contributed by atoms with E-state index in [4.69, 9.17) is 0 Å². The van der Waals surface area contributed by atoms with E-state index in [1.807, 2.05) is 17.5 Å². The van der Waals surface area contributed by atoms with Crippen LogP contribution in [0.4, 0.5) is 15.7 Å². The van der Waals surface area contributed by atoms with Gasteiger partial charge in [0.25, 0.3) is 0 Å². The Morgan fingerprint density at radius 2 is 2.23 bits per heavy atom. The number of urea groups is 1. The number of rotatable bonds is 4. The zero-order valence-electron chi connectivity index (χ0n) is 12.1. The first-order valence-corrected chi connectivity index (χ1v) is 8.44. The number of amides is 2. The molecule has 3 N–H and O–H groups in total. The molecule has 0 aliphatic heterocycles. The second kappa shape index (κ2) is 6.29. The summed E-state index contributed by atoms with van der Waals surface area (Å²) in [6, 6.07) is 5.40. The zero-order valence-corrected chi connectivity index (χ0v) is 13.7. The maximum absolute atomic E-state index is 11.9. The fourth-order valence-electron chi connectivity index (χ4n) is 1.80. The Balaban J connectivity index is 1.62. The first kappa shape index (κ1) is 14.7. The van der Waals surface area contributed by atoms with Gasteiger partial charge in [0.05, 0.1) is 10.6 Å². The lowest BCUT2D eigenvalue weighted by atomic mass is 10.2. The summed E-state index contributed by atoms with van der Waals surface area (Å²) < 4.78 is 0. The normalized spacial score (nSPS) is 10.9. The molecule has 0 saturated carbocycles. The van der Waals surface area contributed by atoms with Crippen molar-refractivity contribution in [3.63, 3.8) is 0 Å². The third kappa shape index (κ3) is 3.34. The summed E-state index contributed by atoms with van der Waals surface area (Å²) in [4.78, 5) is 18.3. The average molecular weight is 333 g/mol. The van der Waals surface area contributed by atoms with Crippen molar-refractivity contribution in [3.05, 3.63) is 34.7 Å². The SMILES string of the molecule is CC(C)c1cnc(NC(=O)Nc2cc(-c3cccs3)[nH]n2)s1. The molecule has 114 valence electrons. The van der Waals surface area contributed by atoms with Gasteiger partial charge in [-0.15, -0.1) is 22.7 Å². The molecule has 0 radical (unpaired) electrons. The van der Waals surface area contributed by atoms with E-state index in [2.05, 4.69) is 39.7 Å². The number of carbonyl (C=O) groups is 1. The molecule has 6 nitrogen and oxygen atoms in total. The van der Waals surface area contributed by atoms with Crippen LogP contribution < -0.4 is 10.6 Å². The van der Waals surface area contributed by atoms with Crippen molar-refractivity contribution in [1.82, 2.24) is 15.2 Å². The van der Waals surface area contributed by atoms with Gasteiger partial charge in [0.15, 0.2) is 10.9 Å². The number of hydrogen-bond acceptors (Lipinski definition) is 5. The lowest BCUT2D eigenvalue weighted by Gasteiger charge is -2.01. The first-order valence-electron chi connectivity index (χ1n) is 6.75. The van der Waals surface area contributed by atoms with E-state index in [0.29, 0.717) is 16.9 Å². The van der Waals surface area contributed by atoms with Gasteiger partial charge in [-0.2, -0.15) is 5.10 Å². The van der Waals surface area contributed by atoms with Gasteiger partial charge in [0.2, 0.25) is 0 Å². The van der Waals surface area contributed by atoms with Gasteiger partial charge >= 0.3 is 6.03 Å². The van der Waals surface area contributed by atoms with Crippen molar-refractivity contribution in [2.24, 2.45) is 0 Å². The second-order valence-electron chi connectivity index (χ2n) is 4.95. The summed E-state index contributed by atoms with van der Waals surface area (Å²) in [6.07, 6.45) is 1.79. The highest BCUT2D eigenvalue weighted by atomic mass is 32.1. The highest BCUT2D eigenvalue weighted by Crippen LogP contribution is 2.26. The molecule has 0 spiro atoms. The molecule has 3 aromatic rings. The summed E-state index contributed by atoms with van der Waals surface area (Å²) in [5, 5.41) is 15.0. The van der Waals surface area contributed by atoms with Crippen LogP contribution in [0.5, 0.6) is 0 Å². The van der Waals surface area contributed by atoms with Gasteiger partial charge in [0, 0.05) is 17.1 Å². The highest BCUT2D eigenvalue weighted by Gasteiger charge is 2.11. The summed E-state index contributed by atoms with van der Waals surface area (Å²) in [5.74, 6) is 0.873. The van der Waals surface area contributed by atoms with Crippen LogP contribution >= 0.6 is 22.7 Å². The maximum atomic E-state index is 11.9. The van der Waals surface area contributed by atoms with Crippen molar-refractivity contribution in [2.45, 2.75) is 19.8 Å². The van der Waals surface area contributed by atoms with Crippen molar-refractivity contribution in [1.29, 1.82) is 0 Å². The molecule has 0 bridgehead atoms. The number of hydrogen-bond donors (Lipinski definition) is 3. The van der Waals surface area contributed by atoms with Crippen molar-refractivity contribution in [3.8, 4) is 10.6 Å². The minimum absolute atomic E-state index is 0.353. The molecule has 3 heterocycles. The number of aromatic amines is 1. The minimum Gasteiger partial charge on any atom is -0.291 e. The van der Waals surface area contributed by atoms with E-state index in [9.17, 15) is 4.79 Å². The number of H-pyrrole nitrogens is 1. The molecular formula is C14H15N5OS2. The summed E-state index contributed by atoms with van der Waals surface area (Å²) in [6.45, 7) is 4.18. The van der Waals surface area contributed by atoms with Gasteiger partial charge in [-0.25, -0.2) is 9.78 Å². The van der Waals surface area contributed by atoms with E-state index in [-0.39, 0.29) is 6.03 Å². The molecule has 22 heavy (non-hydrogen) atoms. The first-order chi connectivity index (χ1) is 10.6. The fraction of sp³-hybridized carbons (Fsp3) is 0.214. The van der Waals surface area contributed by atoms with Crippen molar-refractivity contribution in [2.75, 3.05) is 10.6 Å². The number of thiazole rings is 1. The van der Waals surface area contributed by atoms with Crippen LogP contribution in [-0.4, -0.2) is 21.2 Å². The molecule has 0 aromatic carbocycles. The molecule has 3 aromatic heterocycles. The third-order valence-corrected chi connectivity index (χ3v) is 5.04. The fourth-order valence-corrected chi connectivity index (χ4v) is 3.31. The number of anilines is 2.